The van der Waals surface area contributed by atoms with E-state index in [0.29, 0.717) is 6.54 Å². The Morgan fingerprint density at radius 1 is 1.33 bits per heavy atom. The topological polar surface area (TPSA) is 68.1 Å². The van der Waals surface area contributed by atoms with Crippen molar-refractivity contribution in [2.24, 2.45) is 0 Å². The number of hydrogen-bond donors (Lipinski definition) is 1. The van der Waals surface area contributed by atoms with Crippen LogP contribution in [0.4, 0.5) is 20.3 Å². The second kappa shape index (κ2) is 6.25. The lowest BCUT2D eigenvalue weighted by Gasteiger charge is -2.08. The highest BCUT2D eigenvalue weighted by molar-refractivity contribution is 5.66. The lowest BCUT2D eigenvalue weighted by Crippen LogP contribution is -2.04. The lowest BCUT2D eigenvalue weighted by molar-refractivity contribution is -0.384. The zero-order chi connectivity index (χ0) is 15.4. The molecule has 0 amide bonds. The molecule has 0 unspecified atom stereocenters. The highest BCUT2D eigenvalue weighted by Gasteiger charge is 2.16. The van der Waals surface area contributed by atoms with Gasteiger partial charge in [0.05, 0.1) is 16.7 Å². The minimum atomic E-state index is -1.08. The molecule has 21 heavy (non-hydrogen) atoms. The molecule has 5 nitrogen and oxygen atoms in total. The van der Waals surface area contributed by atoms with Gasteiger partial charge < -0.3 is 5.32 Å². The first-order valence-electron chi connectivity index (χ1n) is 6.37. The third-order valence-corrected chi connectivity index (χ3v) is 2.80. The van der Waals surface area contributed by atoms with Gasteiger partial charge >= 0.3 is 0 Å². The van der Waals surface area contributed by atoms with Crippen molar-refractivity contribution in [3.05, 3.63) is 52.1 Å². The fraction of sp³-hybridized carbons (Fsp3) is 0.214. The monoisotopic (exact) mass is 293 g/mol. The zero-order valence-corrected chi connectivity index (χ0v) is 11.3. The van der Waals surface area contributed by atoms with E-state index in [0.717, 1.165) is 18.6 Å². The number of pyridine rings is 1. The number of nitrogens with one attached hydrogen (secondary N) is 1. The van der Waals surface area contributed by atoms with Crippen LogP contribution in [-0.4, -0.2) is 16.5 Å². The summed E-state index contributed by atoms with van der Waals surface area (Å²) in [7, 11) is 0. The Labute approximate surface area is 119 Å². The predicted octanol–water partition coefficient (Wildman–Crippen LogP) is 3.76. The van der Waals surface area contributed by atoms with Gasteiger partial charge in [0.15, 0.2) is 11.6 Å². The van der Waals surface area contributed by atoms with Crippen molar-refractivity contribution >= 4 is 11.5 Å². The Bertz CT molecular complexity index is 677. The summed E-state index contributed by atoms with van der Waals surface area (Å²) < 4.78 is 27.1. The Morgan fingerprint density at radius 3 is 2.76 bits per heavy atom. The van der Waals surface area contributed by atoms with Crippen LogP contribution in [0, 0.1) is 21.7 Å². The van der Waals surface area contributed by atoms with Crippen molar-refractivity contribution < 1.29 is 13.7 Å². The standard InChI is InChI=1S/C14H13F2N3O2/c1-2-6-17-13-8-9(19(20)21)7-12(18-13)10-4-3-5-11(15)14(10)16/h3-5,7-8H,2,6H2,1H3,(H,17,18). The van der Waals surface area contributed by atoms with Crippen LogP contribution in [0.25, 0.3) is 11.3 Å². The molecule has 0 aliphatic carbocycles. The first-order valence-corrected chi connectivity index (χ1v) is 6.37. The zero-order valence-electron chi connectivity index (χ0n) is 11.3. The highest BCUT2D eigenvalue weighted by atomic mass is 19.2. The van der Waals surface area contributed by atoms with Crippen LogP contribution < -0.4 is 5.32 Å². The number of nitro groups is 1. The van der Waals surface area contributed by atoms with E-state index >= 15 is 0 Å². The van der Waals surface area contributed by atoms with E-state index < -0.39 is 16.6 Å². The predicted molar refractivity (Wildman–Crippen MR) is 75.0 cm³/mol. The maximum Gasteiger partial charge on any atom is 0.275 e. The van der Waals surface area contributed by atoms with Crippen molar-refractivity contribution in [1.82, 2.24) is 4.98 Å². The molecule has 0 bridgehead atoms. The van der Waals surface area contributed by atoms with Gasteiger partial charge in [-0.1, -0.05) is 13.0 Å². The maximum absolute atomic E-state index is 13.8. The highest BCUT2D eigenvalue weighted by Crippen LogP contribution is 2.28. The van der Waals surface area contributed by atoms with Gasteiger partial charge in [-0.2, -0.15) is 0 Å². The Morgan fingerprint density at radius 2 is 2.10 bits per heavy atom. The summed E-state index contributed by atoms with van der Waals surface area (Å²) in [5.41, 5.74) is -0.333. The summed E-state index contributed by atoms with van der Waals surface area (Å²) in [4.78, 5) is 14.5. The SMILES string of the molecule is CCCNc1cc([N+](=O)[O-])cc(-c2cccc(F)c2F)n1. The molecule has 0 radical (unpaired) electrons. The summed E-state index contributed by atoms with van der Waals surface area (Å²) in [6.07, 6.45) is 0.800. The van der Waals surface area contributed by atoms with E-state index in [1.165, 1.54) is 18.2 Å². The Hall–Kier alpha value is -2.57. The molecular weight excluding hydrogens is 280 g/mol. The van der Waals surface area contributed by atoms with Crippen LogP contribution in [0.2, 0.25) is 0 Å². The number of aromatic nitrogens is 1. The average molecular weight is 293 g/mol. The molecule has 1 aromatic heterocycles. The molecule has 0 fully saturated rings. The summed E-state index contributed by atoms with van der Waals surface area (Å²) in [6, 6.07) is 6.01. The molecule has 1 aromatic carbocycles. The Balaban J connectivity index is 2.54. The van der Waals surface area contributed by atoms with Crippen LogP contribution in [0.15, 0.2) is 30.3 Å². The summed E-state index contributed by atoms with van der Waals surface area (Å²) >= 11 is 0. The second-order valence-corrected chi connectivity index (χ2v) is 4.38. The Kier molecular flexibility index (Phi) is 4.42. The largest absolute Gasteiger partial charge is 0.370 e. The van der Waals surface area contributed by atoms with Gasteiger partial charge in [-0.15, -0.1) is 0 Å². The van der Waals surface area contributed by atoms with Crippen molar-refractivity contribution in [1.29, 1.82) is 0 Å². The van der Waals surface area contributed by atoms with Gasteiger partial charge in [0.2, 0.25) is 0 Å². The molecule has 0 saturated carbocycles. The van der Waals surface area contributed by atoms with Gasteiger partial charge in [-0.3, -0.25) is 10.1 Å². The third kappa shape index (κ3) is 3.31. The van der Waals surface area contributed by atoms with Crippen LogP contribution >= 0.6 is 0 Å². The number of anilines is 1. The number of benzene rings is 1. The molecule has 0 aliphatic rings. The van der Waals surface area contributed by atoms with E-state index in [2.05, 4.69) is 10.3 Å². The van der Waals surface area contributed by atoms with Crippen molar-refractivity contribution in [2.45, 2.75) is 13.3 Å². The maximum atomic E-state index is 13.8. The molecule has 1 heterocycles. The lowest BCUT2D eigenvalue weighted by atomic mass is 10.1. The molecule has 110 valence electrons. The van der Waals surface area contributed by atoms with Crippen LogP contribution in [0.3, 0.4) is 0 Å². The molecule has 2 rings (SSSR count). The fourth-order valence-corrected chi connectivity index (χ4v) is 1.80. The van der Waals surface area contributed by atoms with Gasteiger partial charge in [-0.05, 0) is 18.6 Å². The van der Waals surface area contributed by atoms with Crippen LogP contribution in [-0.2, 0) is 0 Å². The first kappa shape index (κ1) is 14.8. The van der Waals surface area contributed by atoms with Crippen molar-refractivity contribution in [3.63, 3.8) is 0 Å². The number of halogens is 2. The molecule has 1 N–H and O–H groups in total. The van der Waals surface area contributed by atoms with Gasteiger partial charge in [0.1, 0.15) is 5.82 Å². The van der Waals surface area contributed by atoms with Gasteiger partial charge in [0, 0.05) is 18.2 Å². The quantitative estimate of drug-likeness (QED) is 0.673. The number of nitrogens with zero attached hydrogens (tertiary/aromatic N) is 2. The smallest absolute Gasteiger partial charge is 0.275 e. The first-order chi connectivity index (χ1) is 10.0. The number of hydrogen-bond acceptors (Lipinski definition) is 4. The molecular formula is C14H13F2N3O2. The number of rotatable bonds is 5. The molecule has 0 aliphatic heterocycles. The summed E-state index contributed by atoms with van der Waals surface area (Å²) in [5.74, 6) is -1.85. The second-order valence-electron chi connectivity index (χ2n) is 4.38. The van der Waals surface area contributed by atoms with Crippen molar-refractivity contribution in [3.8, 4) is 11.3 Å². The van der Waals surface area contributed by atoms with Crippen LogP contribution in [0.1, 0.15) is 13.3 Å². The van der Waals surface area contributed by atoms with Crippen LogP contribution in [0.5, 0.6) is 0 Å². The van der Waals surface area contributed by atoms with E-state index in [1.54, 1.807) is 0 Å². The molecule has 0 atom stereocenters. The average Bonchev–Trinajstić information content (AvgIpc) is 2.47. The van der Waals surface area contributed by atoms with Gasteiger partial charge in [0.25, 0.3) is 5.69 Å². The normalized spacial score (nSPS) is 10.4. The minimum absolute atomic E-state index is 0.0137. The van der Waals surface area contributed by atoms with E-state index in [1.807, 2.05) is 6.92 Å². The van der Waals surface area contributed by atoms with E-state index in [4.69, 9.17) is 0 Å². The van der Waals surface area contributed by atoms with Crippen molar-refractivity contribution in [2.75, 3.05) is 11.9 Å². The van der Waals surface area contributed by atoms with Gasteiger partial charge in [-0.25, -0.2) is 13.8 Å². The fourth-order valence-electron chi connectivity index (χ4n) is 1.80. The molecule has 0 spiro atoms. The molecule has 7 heteroatoms. The molecule has 2 aromatic rings. The third-order valence-electron chi connectivity index (χ3n) is 2.80. The minimum Gasteiger partial charge on any atom is -0.370 e. The van der Waals surface area contributed by atoms with E-state index in [-0.39, 0.29) is 22.8 Å². The summed E-state index contributed by atoms with van der Waals surface area (Å²) in [5, 5.41) is 13.8. The van der Waals surface area contributed by atoms with E-state index in [9.17, 15) is 18.9 Å². The molecule has 0 saturated heterocycles. The summed E-state index contributed by atoms with van der Waals surface area (Å²) in [6.45, 7) is 2.50.